The van der Waals surface area contributed by atoms with E-state index in [4.69, 9.17) is 14.9 Å². The highest BCUT2D eigenvalue weighted by Crippen LogP contribution is 2.30. The third-order valence-electron chi connectivity index (χ3n) is 1.88. The van der Waals surface area contributed by atoms with E-state index in [0.717, 1.165) is 0 Å². The van der Waals surface area contributed by atoms with Gasteiger partial charge >= 0.3 is 11.9 Å². The van der Waals surface area contributed by atoms with E-state index in [-0.39, 0.29) is 11.3 Å². The van der Waals surface area contributed by atoms with Crippen molar-refractivity contribution in [2.75, 3.05) is 0 Å². The van der Waals surface area contributed by atoms with Gasteiger partial charge in [-0.2, -0.15) is 0 Å². The Labute approximate surface area is 90.7 Å². The highest BCUT2D eigenvalue weighted by molar-refractivity contribution is 5.91. The zero-order valence-electron chi connectivity index (χ0n) is 8.38. The van der Waals surface area contributed by atoms with Crippen molar-refractivity contribution in [1.82, 2.24) is 0 Å². The number of carboxylic acid groups (broad SMARTS) is 2. The predicted molar refractivity (Wildman–Crippen MR) is 52.8 cm³/mol. The van der Waals surface area contributed by atoms with E-state index in [1.165, 1.54) is 25.1 Å². The van der Waals surface area contributed by atoms with Crippen molar-refractivity contribution in [1.29, 1.82) is 0 Å². The summed E-state index contributed by atoms with van der Waals surface area (Å²) in [5, 5.41) is 26.8. The number of rotatable bonds is 4. The Kier molecular flexibility index (Phi) is 3.34. The van der Waals surface area contributed by atoms with Crippen LogP contribution in [-0.2, 0) is 4.79 Å². The number of ether oxygens (including phenoxy) is 1. The van der Waals surface area contributed by atoms with Crippen molar-refractivity contribution in [2.24, 2.45) is 0 Å². The Balaban J connectivity index is 3.02. The fourth-order valence-electron chi connectivity index (χ4n) is 1.03. The maximum Gasteiger partial charge on any atom is 0.344 e. The summed E-state index contributed by atoms with van der Waals surface area (Å²) in [4.78, 5) is 21.2. The molecule has 6 heteroatoms. The van der Waals surface area contributed by atoms with Crippen LogP contribution >= 0.6 is 0 Å². The van der Waals surface area contributed by atoms with Gasteiger partial charge in [0.25, 0.3) is 0 Å². The van der Waals surface area contributed by atoms with Gasteiger partial charge in [-0.25, -0.2) is 9.59 Å². The minimum atomic E-state index is -1.31. The van der Waals surface area contributed by atoms with Crippen LogP contribution in [0.2, 0.25) is 0 Å². The number of carbonyl (C=O) groups is 2. The van der Waals surface area contributed by atoms with E-state index in [2.05, 4.69) is 0 Å². The van der Waals surface area contributed by atoms with Gasteiger partial charge in [-0.05, 0) is 19.1 Å². The van der Waals surface area contributed by atoms with Crippen LogP contribution in [-0.4, -0.2) is 33.4 Å². The summed E-state index contributed by atoms with van der Waals surface area (Å²) in [5.41, 5.74) is -0.338. The molecular weight excluding hydrogens is 216 g/mol. The Morgan fingerprint density at radius 3 is 2.44 bits per heavy atom. The number of para-hydroxylation sites is 1. The van der Waals surface area contributed by atoms with Crippen LogP contribution in [0.5, 0.6) is 11.5 Å². The minimum Gasteiger partial charge on any atom is -0.504 e. The molecule has 0 radical (unpaired) electrons. The van der Waals surface area contributed by atoms with Gasteiger partial charge in [0.05, 0.1) is 0 Å². The van der Waals surface area contributed by atoms with Gasteiger partial charge in [0.2, 0.25) is 0 Å². The number of benzene rings is 1. The third kappa shape index (κ3) is 2.41. The normalized spacial score (nSPS) is 11.8. The second-order valence-corrected chi connectivity index (χ2v) is 3.06. The van der Waals surface area contributed by atoms with Crippen molar-refractivity contribution in [2.45, 2.75) is 13.0 Å². The molecular formula is C10H10O6. The summed E-state index contributed by atoms with van der Waals surface area (Å²) < 4.78 is 4.88. The van der Waals surface area contributed by atoms with Crippen molar-refractivity contribution in [3.63, 3.8) is 0 Å². The molecule has 0 saturated heterocycles. The Bertz CT molecular complexity index is 425. The molecule has 0 bridgehead atoms. The zero-order chi connectivity index (χ0) is 12.3. The molecule has 6 nitrogen and oxygen atoms in total. The Morgan fingerprint density at radius 2 is 1.94 bits per heavy atom. The molecule has 1 unspecified atom stereocenters. The zero-order valence-corrected chi connectivity index (χ0v) is 8.38. The van der Waals surface area contributed by atoms with Gasteiger partial charge in [-0.15, -0.1) is 0 Å². The summed E-state index contributed by atoms with van der Waals surface area (Å²) in [7, 11) is 0. The van der Waals surface area contributed by atoms with Crippen LogP contribution in [0.4, 0.5) is 0 Å². The van der Waals surface area contributed by atoms with Gasteiger partial charge in [0.1, 0.15) is 5.56 Å². The molecule has 0 aromatic heterocycles. The van der Waals surface area contributed by atoms with E-state index in [0.29, 0.717) is 0 Å². The molecule has 16 heavy (non-hydrogen) atoms. The molecule has 0 aliphatic heterocycles. The maximum atomic E-state index is 10.7. The number of aromatic hydroxyl groups is 1. The van der Waals surface area contributed by atoms with Crippen molar-refractivity contribution in [3.8, 4) is 11.5 Å². The summed E-state index contributed by atoms with van der Waals surface area (Å²) >= 11 is 0. The van der Waals surface area contributed by atoms with Gasteiger partial charge in [-0.1, -0.05) is 6.07 Å². The molecule has 3 N–H and O–H groups in total. The van der Waals surface area contributed by atoms with Crippen LogP contribution in [0.25, 0.3) is 0 Å². The lowest BCUT2D eigenvalue weighted by Crippen LogP contribution is -2.23. The van der Waals surface area contributed by atoms with Crippen LogP contribution in [0, 0.1) is 0 Å². The molecule has 0 fully saturated rings. The van der Waals surface area contributed by atoms with Crippen molar-refractivity contribution in [3.05, 3.63) is 23.8 Å². The molecule has 0 aliphatic rings. The third-order valence-corrected chi connectivity index (χ3v) is 1.88. The number of hydrogen-bond donors (Lipinski definition) is 3. The van der Waals surface area contributed by atoms with E-state index in [1.54, 1.807) is 0 Å². The molecule has 0 spiro atoms. The SMILES string of the molecule is CC(Oc1cccc(C(=O)O)c1O)C(=O)O. The average Bonchev–Trinajstić information content (AvgIpc) is 2.20. The summed E-state index contributed by atoms with van der Waals surface area (Å²) in [5.74, 6) is -3.27. The highest BCUT2D eigenvalue weighted by atomic mass is 16.5. The van der Waals surface area contributed by atoms with E-state index in [9.17, 15) is 14.7 Å². The van der Waals surface area contributed by atoms with E-state index in [1.807, 2.05) is 0 Å². The lowest BCUT2D eigenvalue weighted by molar-refractivity contribution is -0.144. The molecule has 0 amide bonds. The van der Waals surface area contributed by atoms with Gasteiger partial charge in [0, 0.05) is 0 Å². The molecule has 0 heterocycles. The molecule has 0 saturated carbocycles. The van der Waals surface area contributed by atoms with Crippen molar-refractivity contribution < 1.29 is 29.6 Å². The van der Waals surface area contributed by atoms with E-state index >= 15 is 0 Å². The lowest BCUT2D eigenvalue weighted by atomic mass is 10.2. The highest BCUT2D eigenvalue weighted by Gasteiger charge is 2.18. The maximum absolute atomic E-state index is 10.7. The number of phenols is 1. The molecule has 1 aromatic carbocycles. The quantitative estimate of drug-likeness (QED) is 0.705. The average molecular weight is 226 g/mol. The topological polar surface area (TPSA) is 104 Å². The van der Waals surface area contributed by atoms with Crippen LogP contribution < -0.4 is 4.74 Å². The monoisotopic (exact) mass is 226 g/mol. The standard InChI is InChI=1S/C10H10O6/c1-5(9(12)13)16-7-4-2-3-6(8(7)11)10(14)15/h2-5,11H,1H3,(H,12,13)(H,14,15). The number of aromatic carboxylic acids is 1. The minimum absolute atomic E-state index is 0.171. The molecule has 1 aromatic rings. The number of hydrogen-bond acceptors (Lipinski definition) is 4. The van der Waals surface area contributed by atoms with Gasteiger partial charge in [0.15, 0.2) is 17.6 Å². The largest absolute Gasteiger partial charge is 0.504 e. The molecule has 0 aliphatic carbocycles. The first kappa shape index (κ1) is 11.8. The van der Waals surface area contributed by atoms with Gasteiger partial charge in [-0.3, -0.25) is 0 Å². The van der Waals surface area contributed by atoms with Crippen LogP contribution in [0.15, 0.2) is 18.2 Å². The second kappa shape index (κ2) is 4.52. The van der Waals surface area contributed by atoms with Crippen LogP contribution in [0.1, 0.15) is 17.3 Å². The first-order valence-electron chi connectivity index (χ1n) is 4.38. The lowest BCUT2D eigenvalue weighted by Gasteiger charge is -2.12. The Hall–Kier alpha value is -2.24. The van der Waals surface area contributed by atoms with Crippen molar-refractivity contribution >= 4 is 11.9 Å². The smallest absolute Gasteiger partial charge is 0.344 e. The first-order chi connectivity index (χ1) is 7.43. The summed E-state index contributed by atoms with van der Waals surface area (Å²) in [6, 6.07) is 3.84. The second-order valence-electron chi connectivity index (χ2n) is 3.06. The van der Waals surface area contributed by atoms with Gasteiger partial charge < -0.3 is 20.1 Å². The first-order valence-corrected chi connectivity index (χ1v) is 4.38. The summed E-state index contributed by atoms with van der Waals surface area (Å²) in [6.45, 7) is 1.27. The number of aliphatic carboxylic acids is 1. The number of carboxylic acids is 2. The van der Waals surface area contributed by atoms with Crippen LogP contribution in [0.3, 0.4) is 0 Å². The molecule has 86 valence electrons. The molecule has 1 rings (SSSR count). The molecule has 1 atom stereocenters. The Morgan fingerprint density at radius 1 is 1.31 bits per heavy atom. The predicted octanol–water partition coefficient (Wildman–Crippen LogP) is 0.942. The fourth-order valence-corrected chi connectivity index (χ4v) is 1.03. The summed E-state index contributed by atoms with van der Waals surface area (Å²) in [6.07, 6.45) is -1.17. The van der Waals surface area contributed by atoms with E-state index < -0.39 is 23.8 Å². The fraction of sp³-hybridized carbons (Fsp3) is 0.200.